The first-order valence-electron chi connectivity index (χ1n) is 7.51. The van der Waals surface area contributed by atoms with E-state index >= 15 is 0 Å². The molecule has 21 heavy (non-hydrogen) atoms. The van der Waals surface area contributed by atoms with Crippen LogP contribution in [0.25, 0.3) is 5.69 Å². The van der Waals surface area contributed by atoms with Gasteiger partial charge in [0.1, 0.15) is 0 Å². The van der Waals surface area contributed by atoms with Gasteiger partial charge >= 0.3 is 0 Å². The molecule has 0 aliphatic carbocycles. The van der Waals surface area contributed by atoms with E-state index in [4.69, 9.17) is 4.74 Å². The lowest BCUT2D eigenvalue weighted by atomic mass is 10.1. The van der Waals surface area contributed by atoms with Crippen LogP contribution in [0.2, 0.25) is 0 Å². The molecule has 0 aliphatic rings. The monoisotopic (exact) mass is 288 g/mol. The number of hydrogen-bond donors (Lipinski definition) is 1. The fourth-order valence-electron chi connectivity index (χ4n) is 1.84. The van der Waals surface area contributed by atoms with Crippen LogP contribution in [0.1, 0.15) is 26.0 Å². The quantitative estimate of drug-likeness (QED) is 0.720. The second-order valence-corrected chi connectivity index (χ2v) is 5.43. The first kappa shape index (κ1) is 15.7. The van der Waals surface area contributed by atoms with E-state index in [1.165, 1.54) is 0 Å². The summed E-state index contributed by atoms with van der Waals surface area (Å²) in [4.78, 5) is 1.65. The first-order valence-corrected chi connectivity index (χ1v) is 7.51. The highest BCUT2D eigenvalue weighted by molar-refractivity contribution is 5.28. The lowest BCUT2D eigenvalue weighted by Gasteiger charge is -2.06. The number of benzene rings is 1. The summed E-state index contributed by atoms with van der Waals surface area (Å²) in [5, 5.41) is 12.0. The maximum Gasteiger partial charge on any atom is 0.0969 e. The summed E-state index contributed by atoms with van der Waals surface area (Å²) in [6.45, 7) is 7.52. The van der Waals surface area contributed by atoms with Crippen LogP contribution in [0.3, 0.4) is 0 Å². The summed E-state index contributed by atoms with van der Waals surface area (Å²) in [6.07, 6.45) is 2.91. The van der Waals surface area contributed by atoms with Crippen molar-refractivity contribution in [3.63, 3.8) is 0 Å². The van der Waals surface area contributed by atoms with Crippen molar-refractivity contribution in [1.29, 1.82) is 0 Å². The molecule has 0 aliphatic heterocycles. The lowest BCUT2D eigenvalue weighted by Crippen LogP contribution is -2.20. The van der Waals surface area contributed by atoms with E-state index in [9.17, 15) is 0 Å². The molecule has 1 aromatic carbocycles. The van der Waals surface area contributed by atoms with Gasteiger partial charge in [-0.2, -0.15) is 15.0 Å². The molecule has 2 aromatic rings. The number of hydrogen-bond acceptors (Lipinski definition) is 4. The fourth-order valence-corrected chi connectivity index (χ4v) is 1.84. The number of aromatic nitrogens is 3. The Hall–Kier alpha value is -1.72. The Morgan fingerprint density at radius 2 is 2.00 bits per heavy atom. The van der Waals surface area contributed by atoms with Crippen LogP contribution in [0.15, 0.2) is 36.5 Å². The van der Waals surface area contributed by atoms with Crippen molar-refractivity contribution in [2.24, 2.45) is 5.92 Å². The summed E-state index contributed by atoms with van der Waals surface area (Å²) in [5.74, 6) is 0.700. The molecule has 0 unspecified atom stereocenters. The van der Waals surface area contributed by atoms with Crippen LogP contribution in [0, 0.1) is 5.92 Å². The number of para-hydroxylation sites is 1. The lowest BCUT2D eigenvalue weighted by molar-refractivity contribution is 0.125. The fraction of sp³-hybridized carbons (Fsp3) is 0.500. The second-order valence-electron chi connectivity index (χ2n) is 5.43. The molecule has 5 nitrogen and oxygen atoms in total. The predicted octanol–water partition coefficient (Wildman–Crippen LogP) is 2.42. The molecule has 0 saturated carbocycles. The van der Waals surface area contributed by atoms with Crippen LogP contribution in [-0.2, 0) is 11.3 Å². The van der Waals surface area contributed by atoms with Gasteiger partial charge in [0.05, 0.1) is 24.2 Å². The van der Waals surface area contributed by atoms with Crippen molar-refractivity contribution in [1.82, 2.24) is 20.3 Å². The van der Waals surface area contributed by atoms with E-state index in [0.29, 0.717) is 12.5 Å². The van der Waals surface area contributed by atoms with Crippen LogP contribution in [0.4, 0.5) is 0 Å². The highest BCUT2D eigenvalue weighted by atomic mass is 16.5. The van der Waals surface area contributed by atoms with Gasteiger partial charge in [0.2, 0.25) is 0 Å². The van der Waals surface area contributed by atoms with Gasteiger partial charge in [-0.05, 0) is 24.5 Å². The second kappa shape index (κ2) is 8.54. The number of rotatable bonds is 9. The molecule has 114 valence electrons. The van der Waals surface area contributed by atoms with E-state index in [0.717, 1.165) is 37.6 Å². The molecule has 0 radical (unpaired) electrons. The Bertz CT molecular complexity index is 510. The Kier molecular flexibility index (Phi) is 6.37. The minimum Gasteiger partial charge on any atom is -0.380 e. The molecule has 0 spiro atoms. The van der Waals surface area contributed by atoms with Crippen LogP contribution < -0.4 is 5.32 Å². The molecule has 1 heterocycles. The van der Waals surface area contributed by atoms with Crippen LogP contribution in [-0.4, -0.2) is 34.8 Å². The molecule has 0 fully saturated rings. The third kappa shape index (κ3) is 5.65. The predicted molar refractivity (Wildman–Crippen MR) is 83.3 cm³/mol. The number of ether oxygens (including phenoxy) is 1. The molecule has 5 heteroatoms. The van der Waals surface area contributed by atoms with Crippen molar-refractivity contribution >= 4 is 0 Å². The normalized spacial score (nSPS) is 11.2. The summed E-state index contributed by atoms with van der Waals surface area (Å²) < 4.78 is 5.55. The number of nitrogens with one attached hydrogen (secondary N) is 1. The zero-order valence-corrected chi connectivity index (χ0v) is 12.8. The maximum atomic E-state index is 5.55. The topological polar surface area (TPSA) is 52.0 Å². The van der Waals surface area contributed by atoms with Gasteiger partial charge in [-0.15, -0.1) is 0 Å². The Balaban J connectivity index is 1.65. The maximum absolute atomic E-state index is 5.55. The first-order chi connectivity index (χ1) is 10.3. The molecule has 0 atom stereocenters. The molecular formula is C16H24N4O. The van der Waals surface area contributed by atoms with E-state index in [2.05, 4.69) is 29.4 Å². The highest BCUT2D eigenvalue weighted by Crippen LogP contribution is 2.04. The molecule has 0 bridgehead atoms. The zero-order valence-electron chi connectivity index (χ0n) is 12.8. The van der Waals surface area contributed by atoms with Gasteiger partial charge < -0.3 is 10.1 Å². The summed E-state index contributed by atoms with van der Waals surface area (Å²) >= 11 is 0. The van der Waals surface area contributed by atoms with Gasteiger partial charge in [-0.25, -0.2) is 0 Å². The van der Waals surface area contributed by atoms with Crippen molar-refractivity contribution in [2.75, 3.05) is 19.8 Å². The van der Waals surface area contributed by atoms with E-state index < -0.39 is 0 Å². The Morgan fingerprint density at radius 1 is 1.19 bits per heavy atom. The van der Waals surface area contributed by atoms with Crippen LogP contribution >= 0.6 is 0 Å². The van der Waals surface area contributed by atoms with E-state index in [-0.39, 0.29) is 0 Å². The summed E-state index contributed by atoms with van der Waals surface area (Å²) in [7, 11) is 0. The Morgan fingerprint density at radius 3 is 2.76 bits per heavy atom. The van der Waals surface area contributed by atoms with Gasteiger partial charge in [-0.1, -0.05) is 32.0 Å². The standard InChI is InChI=1S/C16H24N4O/c1-14(2)8-10-21-11-9-17-12-15-13-18-20(19-15)16-6-4-3-5-7-16/h3-7,13-14,17H,8-12H2,1-2H3. The van der Waals surface area contributed by atoms with Crippen molar-refractivity contribution in [2.45, 2.75) is 26.8 Å². The minimum atomic E-state index is 0.700. The summed E-state index contributed by atoms with van der Waals surface area (Å²) in [6, 6.07) is 9.91. The molecule has 1 aromatic heterocycles. The molecule has 1 N–H and O–H groups in total. The van der Waals surface area contributed by atoms with E-state index in [1.54, 1.807) is 11.0 Å². The average molecular weight is 288 g/mol. The summed E-state index contributed by atoms with van der Waals surface area (Å²) in [5.41, 5.74) is 1.90. The van der Waals surface area contributed by atoms with Gasteiger partial charge in [-0.3, -0.25) is 0 Å². The molecular weight excluding hydrogens is 264 g/mol. The average Bonchev–Trinajstić information content (AvgIpc) is 2.96. The molecule has 0 saturated heterocycles. The minimum absolute atomic E-state index is 0.700. The number of nitrogens with zero attached hydrogens (tertiary/aromatic N) is 3. The largest absolute Gasteiger partial charge is 0.380 e. The zero-order chi connectivity index (χ0) is 14.9. The van der Waals surface area contributed by atoms with Crippen molar-refractivity contribution in [3.8, 4) is 5.69 Å². The molecule has 2 rings (SSSR count). The molecule has 0 amide bonds. The third-order valence-electron chi connectivity index (χ3n) is 3.10. The van der Waals surface area contributed by atoms with E-state index in [1.807, 2.05) is 30.3 Å². The Labute approximate surface area is 126 Å². The SMILES string of the molecule is CC(C)CCOCCNCc1cnn(-c2ccccc2)n1. The van der Waals surface area contributed by atoms with Crippen molar-refractivity contribution in [3.05, 3.63) is 42.2 Å². The smallest absolute Gasteiger partial charge is 0.0969 e. The van der Waals surface area contributed by atoms with Crippen molar-refractivity contribution < 1.29 is 4.74 Å². The van der Waals surface area contributed by atoms with Gasteiger partial charge in [0.15, 0.2) is 0 Å². The highest BCUT2D eigenvalue weighted by Gasteiger charge is 2.02. The van der Waals surface area contributed by atoms with Gasteiger partial charge in [0.25, 0.3) is 0 Å². The van der Waals surface area contributed by atoms with Crippen LogP contribution in [0.5, 0.6) is 0 Å². The van der Waals surface area contributed by atoms with Gasteiger partial charge in [0, 0.05) is 19.7 Å². The third-order valence-corrected chi connectivity index (χ3v) is 3.10.